The number of hydrogen-bond donors (Lipinski definition) is 4. The number of rotatable bonds is 12. The smallest absolute Gasteiger partial charge is 0.407 e. The minimum absolute atomic E-state index is 0.00717. The molecule has 0 saturated carbocycles. The minimum Gasteiger partial charge on any atom is -0.492 e. The van der Waals surface area contributed by atoms with Gasteiger partial charge in [0.05, 0.1) is 49.9 Å². The molecule has 13 heteroatoms. The summed E-state index contributed by atoms with van der Waals surface area (Å²) in [6.45, 7) is 9.42. The van der Waals surface area contributed by atoms with Gasteiger partial charge in [-0.05, 0) is 53.5 Å². The van der Waals surface area contributed by atoms with E-state index in [2.05, 4.69) is 44.4 Å². The maximum Gasteiger partial charge on any atom is 0.407 e. The minimum atomic E-state index is -0.698. The van der Waals surface area contributed by atoms with Crippen LogP contribution in [0.1, 0.15) is 70.3 Å². The molecule has 0 aliphatic carbocycles. The lowest BCUT2D eigenvalue weighted by Crippen LogP contribution is -2.51. The van der Waals surface area contributed by atoms with E-state index in [0.29, 0.717) is 38.4 Å². The van der Waals surface area contributed by atoms with Crippen LogP contribution in [0.15, 0.2) is 48.7 Å². The Morgan fingerprint density at radius 1 is 1.09 bits per heavy atom. The Hall–Kier alpha value is -5.61. The van der Waals surface area contributed by atoms with Gasteiger partial charge in [-0.1, -0.05) is 58.0 Å². The topological polar surface area (TPSA) is 172 Å². The summed E-state index contributed by atoms with van der Waals surface area (Å²) in [5, 5.41) is 2.71. The first-order chi connectivity index (χ1) is 26.0. The number of fused-ring (bicyclic) bond motifs is 3. The van der Waals surface area contributed by atoms with Gasteiger partial charge in [0.15, 0.2) is 0 Å². The standard InChI is InChI=1S/C41H50N8O5/c1-7-8-18-48(39(50)35(42)24(2)3)23-34-43-22-31(44-34)27-13-11-26(12-14-27)28-15-16-29-33(21-28)54-20-17-30-37(29)46-38(45-30)32-10-9-19-49(32)40(51)36(25(4)5)47-41(52)53-6/h1,11-16,21-22,24-25,32,35-36H,8-10,17-20,23,42H2,2-6H3,(H,43,44)(H,45,46)(H,47,52)/t32-,35-,36-/m0/s1. The van der Waals surface area contributed by atoms with Gasteiger partial charge in [0, 0.05) is 37.2 Å². The molecule has 0 radical (unpaired) electrons. The lowest BCUT2D eigenvalue weighted by atomic mass is 10.00. The Morgan fingerprint density at radius 3 is 2.54 bits per heavy atom. The van der Waals surface area contributed by atoms with Crippen molar-refractivity contribution in [1.82, 2.24) is 35.1 Å². The van der Waals surface area contributed by atoms with Crippen molar-refractivity contribution in [1.29, 1.82) is 0 Å². The van der Waals surface area contributed by atoms with E-state index >= 15 is 0 Å². The van der Waals surface area contributed by atoms with Gasteiger partial charge >= 0.3 is 6.09 Å². The van der Waals surface area contributed by atoms with Gasteiger partial charge in [-0.15, -0.1) is 12.3 Å². The van der Waals surface area contributed by atoms with Crippen LogP contribution in [0.25, 0.3) is 33.6 Å². The summed E-state index contributed by atoms with van der Waals surface area (Å²) in [4.78, 5) is 58.7. The molecule has 1 fully saturated rings. The third kappa shape index (κ3) is 8.14. The highest BCUT2D eigenvalue weighted by Crippen LogP contribution is 2.40. The number of H-pyrrole nitrogens is 2. The average Bonchev–Trinajstić information content (AvgIpc) is 3.93. The van der Waals surface area contributed by atoms with E-state index in [1.165, 1.54) is 7.11 Å². The number of nitrogens with zero attached hydrogens (tertiary/aromatic N) is 4. The van der Waals surface area contributed by atoms with Crippen LogP contribution in [0.2, 0.25) is 0 Å². The van der Waals surface area contributed by atoms with Crippen molar-refractivity contribution < 1.29 is 23.9 Å². The number of carbonyl (C=O) groups is 3. The van der Waals surface area contributed by atoms with Crippen LogP contribution in [0.4, 0.5) is 4.79 Å². The van der Waals surface area contributed by atoms with E-state index in [9.17, 15) is 14.4 Å². The van der Waals surface area contributed by atoms with Crippen LogP contribution >= 0.6 is 0 Å². The molecule has 0 bridgehead atoms. The fraction of sp³-hybridized carbons (Fsp3) is 0.439. The molecule has 3 atom stereocenters. The normalized spacial score (nSPS) is 16.1. The quantitative estimate of drug-likeness (QED) is 0.139. The van der Waals surface area contributed by atoms with Crippen molar-refractivity contribution >= 4 is 17.9 Å². The van der Waals surface area contributed by atoms with Gasteiger partial charge in [-0.25, -0.2) is 14.8 Å². The number of benzene rings is 2. The molecular formula is C41H50N8O5. The number of aromatic amines is 2. The van der Waals surface area contributed by atoms with Crippen molar-refractivity contribution in [2.24, 2.45) is 17.6 Å². The predicted molar refractivity (Wildman–Crippen MR) is 206 cm³/mol. The van der Waals surface area contributed by atoms with E-state index in [4.69, 9.17) is 26.6 Å². The molecule has 54 heavy (non-hydrogen) atoms. The number of carbonyl (C=O) groups excluding carboxylic acids is 3. The number of aromatic nitrogens is 4. The summed E-state index contributed by atoms with van der Waals surface area (Å²) >= 11 is 0. The molecule has 2 aromatic heterocycles. The number of hydrogen-bond acceptors (Lipinski definition) is 8. The molecule has 6 rings (SSSR count). The summed E-state index contributed by atoms with van der Waals surface area (Å²) in [5.74, 6) is 4.36. The Balaban J connectivity index is 1.18. The largest absolute Gasteiger partial charge is 0.492 e. The van der Waals surface area contributed by atoms with Crippen molar-refractivity contribution in [2.45, 2.75) is 78.0 Å². The van der Waals surface area contributed by atoms with Crippen LogP contribution in [-0.4, -0.2) is 86.5 Å². The SMILES string of the molecule is C#CCCN(Cc1ncc(-c2ccc(-c3ccc4c(c3)OCCc3[nH]c([C@@H]5CCCN5C(=O)[C@@H](NC(=O)OC)C(C)C)nc3-4)cc2)[nH]1)C(=O)[C@@H](N)C(C)C. The summed E-state index contributed by atoms with van der Waals surface area (Å²) < 4.78 is 11.0. The third-order valence-electron chi connectivity index (χ3n) is 10.2. The van der Waals surface area contributed by atoms with Crippen molar-refractivity contribution in [3.05, 3.63) is 66.0 Å². The number of likely N-dealkylation sites (tertiary alicyclic amines) is 1. The molecule has 2 aliphatic heterocycles. The van der Waals surface area contributed by atoms with Gasteiger partial charge in [-0.2, -0.15) is 0 Å². The zero-order valence-corrected chi connectivity index (χ0v) is 31.6. The zero-order chi connectivity index (χ0) is 38.5. The highest BCUT2D eigenvalue weighted by atomic mass is 16.5. The second-order valence-corrected chi connectivity index (χ2v) is 14.6. The van der Waals surface area contributed by atoms with E-state index in [1.807, 2.05) is 56.9 Å². The molecular weight excluding hydrogens is 685 g/mol. The molecule has 1 saturated heterocycles. The number of methoxy groups -OCH3 is 1. The number of imidazole rings is 2. The molecule has 2 aromatic carbocycles. The second kappa shape index (κ2) is 16.6. The monoisotopic (exact) mass is 734 g/mol. The molecule has 0 unspecified atom stereocenters. The fourth-order valence-electron chi connectivity index (χ4n) is 7.04. The molecule has 2 aliphatic rings. The van der Waals surface area contributed by atoms with Gasteiger partial charge < -0.3 is 40.3 Å². The van der Waals surface area contributed by atoms with Crippen LogP contribution in [0.3, 0.4) is 0 Å². The van der Waals surface area contributed by atoms with Gasteiger partial charge in [-0.3, -0.25) is 9.59 Å². The van der Waals surface area contributed by atoms with Crippen molar-refractivity contribution in [3.8, 4) is 51.7 Å². The van der Waals surface area contributed by atoms with Crippen LogP contribution in [0.5, 0.6) is 5.75 Å². The maximum atomic E-state index is 13.7. The molecule has 284 valence electrons. The fourth-order valence-corrected chi connectivity index (χ4v) is 7.04. The summed E-state index contributed by atoms with van der Waals surface area (Å²) in [6, 6.07) is 12.8. The average molecular weight is 735 g/mol. The van der Waals surface area contributed by atoms with Gasteiger partial charge in [0.1, 0.15) is 23.4 Å². The lowest BCUT2D eigenvalue weighted by molar-refractivity contribution is -0.135. The van der Waals surface area contributed by atoms with E-state index in [1.54, 1.807) is 11.1 Å². The Labute approximate surface area is 316 Å². The highest BCUT2D eigenvalue weighted by Gasteiger charge is 2.38. The number of terminal acetylenes is 1. The first-order valence-electron chi connectivity index (χ1n) is 18.6. The number of nitrogens with two attached hydrogens (primary N) is 1. The lowest BCUT2D eigenvalue weighted by Gasteiger charge is -2.30. The molecule has 4 heterocycles. The Morgan fingerprint density at radius 2 is 1.83 bits per heavy atom. The zero-order valence-electron chi connectivity index (χ0n) is 31.6. The summed E-state index contributed by atoms with van der Waals surface area (Å²) in [6.07, 6.45) is 9.33. The third-order valence-corrected chi connectivity index (χ3v) is 10.2. The van der Waals surface area contributed by atoms with Crippen molar-refractivity contribution in [3.63, 3.8) is 0 Å². The predicted octanol–water partition coefficient (Wildman–Crippen LogP) is 5.45. The highest BCUT2D eigenvalue weighted by molar-refractivity contribution is 5.86. The van der Waals surface area contributed by atoms with Crippen LogP contribution in [0, 0.1) is 24.2 Å². The number of alkyl carbamates (subject to hydrolysis) is 1. The summed E-state index contributed by atoms with van der Waals surface area (Å²) in [5.41, 5.74) is 12.7. The molecule has 3 amide bonds. The number of nitrogens with one attached hydrogen (secondary N) is 3. The number of ether oxygens (including phenoxy) is 2. The first-order valence-corrected chi connectivity index (χ1v) is 18.6. The Kier molecular flexibility index (Phi) is 11.7. The van der Waals surface area contributed by atoms with Crippen molar-refractivity contribution in [2.75, 3.05) is 26.8 Å². The first kappa shape index (κ1) is 38.1. The molecule has 13 nitrogen and oxygen atoms in total. The van der Waals surface area contributed by atoms with E-state index < -0.39 is 18.2 Å². The molecule has 0 spiro atoms. The van der Waals surface area contributed by atoms with Crippen LogP contribution < -0.4 is 15.8 Å². The van der Waals surface area contributed by atoms with E-state index in [-0.39, 0.29) is 36.2 Å². The Bertz CT molecular complexity index is 2010. The summed E-state index contributed by atoms with van der Waals surface area (Å²) in [7, 11) is 1.29. The number of amides is 3. The van der Waals surface area contributed by atoms with Gasteiger partial charge in [0.2, 0.25) is 11.8 Å². The van der Waals surface area contributed by atoms with Gasteiger partial charge in [0.25, 0.3) is 0 Å². The molecule has 4 aromatic rings. The molecule has 5 N–H and O–H groups in total. The maximum absolute atomic E-state index is 13.7. The van der Waals surface area contributed by atoms with E-state index in [0.717, 1.165) is 63.8 Å². The van der Waals surface area contributed by atoms with Crippen LogP contribution in [-0.2, 0) is 27.3 Å². The second-order valence-electron chi connectivity index (χ2n) is 14.6.